The average Bonchev–Trinajstić information content (AvgIpc) is 2.24. The second-order valence-electron chi connectivity index (χ2n) is 3.85. The lowest BCUT2D eigenvalue weighted by Crippen LogP contribution is -2.22. The molecular weight excluding hydrogens is 252 g/mol. The Hall–Kier alpha value is -0.540. The molecule has 0 saturated carbocycles. The highest BCUT2D eigenvalue weighted by atomic mass is 79.9. The molecule has 0 heterocycles. The molecule has 3 heteroatoms. The first-order valence-electron chi connectivity index (χ1n) is 5.37. The maximum absolute atomic E-state index is 5.67. The molecule has 3 N–H and O–H groups in total. The van der Waals surface area contributed by atoms with Crippen LogP contribution in [0.25, 0.3) is 0 Å². The zero-order valence-corrected chi connectivity index (χ0v) is 11.0. The summed E-state index contributed by atoms with van der Waals surface area (Å²) in [6.45, 7) is 5.98. The molecule has 2 nitrogen and oxygen atoms in total. The van der Waals surface area contributed by atoms with Gasteiger partial charge in [0.2, 0.25) is 0 Å². The van der Waals surface area contributed by atoms with E-state index in [9.17, 15) is 0 Å². The molecule has 0 radical (unpaired) electrons. The van der Waals surface area contributed by atoms with E-state index in [2.05, 4.69) is 53.3 Å². The van der Waals surface area contributed by atoms with Gasteiger partial charge in [-0.2, -0.15) is 0 Å². The van der Waals surface area contributed by atoms with E-state index >= 15 is 0 Å². The molecule has 0 spiro atoms. The zero-order valence-electron chi connectivity index (χ0n) is 9.39. The van der Waals surface area contributed by atoms with Crippen molar-refractivity contribution in [3.05, 3.63) is 28.2 Å². The topological polar surface area (TPSA) is 38.0 Å². The second kappa shape index (κ2) is 6.13. The fraction of sp³-hybridized carbons (Fsp3) is 0.500. The van der Waals surface area contributed by atoms with Crippen LogP contribution in [0.3, 0.4) is 0 Å². The van der Waals surface area contributed by atoms with E-state index in [1.807, 2.05) is 0 Å². The normalized spacial score (nSPS) is 12.5. The van der Waals surface area contributed by atoms with Gasteiger partial charge in [-0.15, -0.1) is 0 Å². The van der Waals surface area contributed by atoms with Gasteiger partial charge in [-0.05, 0) is 37.1 Å². The van der Waals surface area contributed by atoms with Crippen LogP contribution in [0.4, 0.5) is 5.69 Å². The number of hydrogen-bond donors (Lipinski definition) is 2. The molecule has 0 saturated heterocycles. The lowest BCUT2D eigenvalue weighted by Gasteiger charge is -2.15. The highest BCUT2D eigenvalue weighted by Gasteiger charge is 2.04. The third kappa shape index (κ3) is 3.84. The average molecular weight is 271 g/mol. The van der Waals surface area contributed by atoms with Crippen molar-refractivity contribution >= 4 is 21.6 Å². The fourth-order valence-corrected chi connectivity index (χ4v) is 1.79. The fourth-order valence-electron chi connectivity index (χ4n) is 1.43. The highest BCUT2D eigenvalue weighted by molar-refractivity contribution is 9.10. The van der Waals surface area contributed by atoms with Gasteiger partial charge in [0.1, 0.15) is 0 Å². The number of aryl methyl sites for hydroxylation is 1. The van der Waals surface area contributed by atoms with E-state index in [1.54, 1.807) is 0 Å². The van der Waals surface area contributed by atoms with Crippen LogP contribution in [0.1, 0.15) is 18.9 Å². The molecule has 0 aromatic heterocycles. The Bertz CT molecular complexity index is 308. The molecule has 1 rings (SSSR count). The Morgan fingerprint density at radius 3 is 2.80 bits per heavy atom. The minimum Gasteiger partial charge on any atom is -0.384 e. The van der Waals surface area contributed by atoms with Crippen LogP contribution in [0.2, 0.25) is 0 Å². The van der Waals surface area contributed by atoms with Crippen LogP contribution in [-0.2, 0) is 0 Å². The molecule has 0 aliphatic carbocycles. The van der Waals surface area contributed by atoms with Gasteiger partial charge in [-0.25, -0.2) is 0 Å². The van der Waals surface area contributed by atoms with Gasteiger partial charge >= 0.3 is 0 Å². The van der Waals surface area contributed by atoms with E-state index in [-0.39, 0.29) is 0 Å². The Labute approximate surface area is 100 Å². The predicted molar refractivity (Wildman–Crippen MR) is 70.2 cm³/mol. The van der Waals surface area contributed by atoms with Gasteiger partial charge < -0.3 is 11.1 Å². The minimum absolute atomic E-state index is 0.559. The van der Waals surface area contributed by atoms with Crippen molar-refractivity contribution in [3.8, 4) is 0 Å². The summed E-state index contributed by atoms with van der Waals surface area (Å²) in [4.78, 5) is 0. The third-order valence-electron chi connectivity index (χ3n) is 2.69. The van der Waals surface area contributed by atoms with Gasteiger partial charge in [0.15, 0.2) is 0 Å². The molecular formula is C12H19BrN2. The van der Waals surface area contributed by atoms with Gasteiger partial charge in [0.05, 0.1) is 0 Å². The molecule has 84 valence electrons. The zero-order chi connectivity index (χ0) is 11.3. The second-order valence-corrected chi connectivity index (χ2v) is 4.77. The van der Waals surface area contributed by atoms with Crippen molar-refractivity contribution in [2.75, 3.05) is 18.4 Å². The van der Waals surface area contributed by atoms with E-state index in [1.165, 1.54) is 11.3 Å². The number of anilines is 1. The summed E-state index contributed by atoms with van der Waals surface area (Å²) in [5, 5.41) is 3.45. The van der Waals surface area contributed by atoms with E-state index < -0.39 is 0 Å². The summed E-state index contributed by atoms with van der Waals surface area (Å²) >= 11 is 3.47. The first-order valence-corrected chi connectivity index (χ1v) is 6.16. The minimum atomic E-state index is 0.559. The van der Waals surface area contributed by atoms with Crippen LogP contribution in [0.5, 0.6) is 0 Å². The summed E-state index contributed by atoms with van der Waals surface area (Å²) in [7, 11) is 0. The van der Waals surface area contributed by atoms with E-state index in [4.69, 9.17) is 5.73 Å². The van der Waals surface area contributed by atoms with Gasteiger partial charge in [-0.3, -0.25) is 0 Å². The molecule has 0 bridgehead atoms. The van der Waals surface area contributed by atoms with Crippen molar-refractivity contribution in [1.82, 2.24) is 0 Å². The van der Waals surface area contributed by atoms with Crippen molar-refractivity contribution in [3.63, 3.8) is 0 Å². The van der Waals surface area contributed by atoms with Crippen molar-refractivity contribution in [1.29, 1.82) is 0 Å². The van der Waals surface area contributed by atoms with Crippen molar-refractivity contribution < 1.29 is 0 Å². The smallest absolute Gasteiger partial charge is 0.0381 e. The number of nitrogens with two attached hydrogens (primary N) is 1. The molecule has 0 aliphatic heterocycles. The number of rotatable bonds is 5. The van der Waals surface area contributed by atoms with Gasteiger partial charge in [0, 0.05) is 16.7 Å². The van der Waals surface area contributed by atoms with Crippen LogP contribution in [-0.4, -0.2) is 13.1 Å². The van der Waals surface area contributed by atoms with Crippen LogP contribution in [0.15, 0.2) is 22.7 Å². The lowest BCUT2D eigenvalue weighted by atomic mass is 10.1. The van der Waals surface area contributed by atoms with Crippen molar-refractivity contribution in [2.45, 2.75) is 20.3 Å². The lowest BCUT2D eigenvalue weighted by molar-refractivity contribution is 0.548. The number of hydrogen-bond acceptors (Lipinski definition) is 2. The molecule has 0 amide bonds. The molecule has 1 unspecified atom stereocenters. The van der Waals surface area contributed by atoms with E-state index in [0.29, 0.717) is 5.92 Å². The largest absolute Gasteiger partial charge is 0.384 e. The molecule has 15 heavy (non-hydrogen) atoms. The van der Waals surface area contributed by atoms with Gasteiger partial charge in [-0.1, -0.05) is 35.3 Å². The van der Waals surface area contributed by atoms with E-state index in [0.717, 1.165) is 24.0 Å². The molecule has 1 atom stereocenters. The summed E-state index contributed by atoms with van der Waals surface area (Å²) in [5.41, 5.74) is 8.13. The molecule has 1 aromatic rings. The Balaban J connectivity index is 2.60. The Morgan fingerprint density at radius 2 is 2.20 bits per heavy atom. The van der Waals surface area contributed by atoms with Crippen LogP contribution >= 0.6 is 15.9 Å². The quantitative estimate of drug-likeness (QED) is 0.863. The Morgan fingerprint density at radius 1 is 1.47 bits per heavy atom. The monoisotopic (exact) mass is 270 g/mol. The predicted octanol–water partition coefficient (Wildman–Crippen LogP) is 3.15. The van der Waals surface area contributed by atoms with Crippen LogP contribution < -0.4 is 11.1 Å². The Kier molecular flexibility index (Phi) is 5.12. The first-order chi connectivity index (χ1) is 7.17. The highest BCUT2D eigenvalue weighted by Crippen LogP contribution is 2.20. The molecule has 0 aliphatic rings. The third-order valence-corrected chi connectivity index (χ3v) is 3.18. The number of halogens is 1. The van der Waals surface area contributed by atoms with Crippen molar-refractivity contribution in [2.24, 2.45) is 11.7 Å². The maximum atomic E-state index is 5.67. The van der Waals surface area contributed by atoms with Gasteiger partial charge in [0.25, 0.3) is 0 Å². The molecule has 0 fully saturated rings. The summed E-state index contributed by atoms with van der Waals surface area (Å²) < 4.78 is 1.11. The first kappa shape index (κ1) is 12.5. The number of nitrogens with one attached hydrogen (secondary N) is 1. The summed E-state index contributed by atoms with van der Waals surface area (Å²) in [5.74, 6) is 0.559. The SMILES string of the molecule is CCC(CN)CNc1cc(Br)ccc1C. The summed E-state index contributed by atoms with van der Waals surface area (Å²) in [6.07, 6.45) is 1.12. The number of benzene rings is 1. The standard InChI is InChI=1S/C12H19BrN2/c1-3-10(7-14)8-15-12-6-11(13)5-4-9(12)2/h4-6,10,15H,3,7-8,14H2,1-2H3. The maximum Gasteiger partial charge on any atom is 0.0381 e. The molecule has 1 aromatic carbocycles. The van der Waals surface area contributed by atoms with Crippen LogP contribution in [0, 0.1) is 12.8 Å². The summed E-state index contributed by atoms with van der Waals surface area (Å²) in [6, 6.07) is 6.27.